The summed E-state index contributed by atoms with van der Waals surface area (Å²) in [5, 5.41) is 3.05. The summed E-state index contributed by atoms with van der Waals surface area (Å²) in [6, 6.07) is 9.82. The molecular weight excluding hydrogens is 360 g/mol. The molecular formula is C14H10BrClN2O3. The number of carbonyl (C=O) groups excluding carboxylic acids is 2. The molecule has 0 atom stereocenters. The summed E-state index contributed by atoms with van der Waals surface area (Å²) in [6.07, 6.45) is 1.47. The molecule has 7 heteroatoms. The third-order valence-electron chi connectivity index (χ3n) is 2.41. The SMILES string of the molecule is O=C(COC(=O)c1ccccn1)Nc1ccc(Br)c(Cl)c1. The zero-order valence-electron chi connectivity index (χ0n) is 10.7. The molecule has 1 N–H and O–H groups in total. The maximum atomic E-state index is 11.7. The highest BCUT2D eigenvalue weighted by Gasteiger charge is 2.11. The van der Waals surface area contributed by atoms with Crippen LogP contribution in [-0.4, -0.2) is 23.5 Å². The number of nitrogens with one attached hydrogen (secondary N) is 1. The molecule has 0 aliphatic rings. The van der Waals surface area contributed by atoms with Crippen LogP contribution in [0, 0.1) is 0 Å². The van der Waals surface area contributed by atoms with Crippen LogP contribution in [0.3, 0.4) is 0 Å². The van der Waals surface area contributed by atoms with Gasteiger partial charge in [0, 0.05) is 16.4 Å². The van der Waals surface area contributed by atoms with Gasteiger partial charge in [-0.3, -0.25) is 4.79 Å². The minimum atomic E-state index is -0.653. The Morgan fingerprint density at radius 2 is 2.10 bits per heavy atom. The van der Waals surface area contributed by atoms with E-state index in [0.717, 1.165) is 4.47 Å². The molecule has 0 saturated heterocycles. The topological polar surface area (TPSA) is 68.3 Å². The molecule has 1 aromatic heterocycles. The molecule has 1 aromatic carbocycles. The van der Waals surface area contributed by atoms with E-state index in [1.807, 2.05) is 0 Å². The summed E-state index contributed by atoms with van der Waals surface area (Å²) in [6.45, 7) is -0.400. The molecule has 1 amide bonds. The predicted octanol–water partition coefficient (Wildman–Crippen LogP) is 3.29. The van der Waals surface area contributed by atoms with Gasteiger partial charge in [0.15, 0.2) is 6.61 Å². The van der Waals surface area contributed by atoms with E-state index in [2.05, 4.69) is 26.2 Å². The second-order valence-electron chi connectivity index (χ2n) is 3.97. The fourth-order valence-corrected chi connectivity index (χ4v) is 1.89. The summed E-state index contributed by atoms with van der Waals surface area (Å²) < 4.78 is 5.59. The largest absolute Gasteiger partial charge is 0.451 e. The lowest BCUT2D eigenvalue weighted by molar-refractivity contribution is -0.119. The van der Waals surface area contributed by atoms with E-state index in [9.17, 15) is 9.59 Å². The van der Waals surface area contributed by atoms with Gasteiger partial charge in [-0.15, -0.1) is 0 Å². The zero-order chi connectivity index (χ0) is 15.2. The van der Waals surface area contributed by atoms with Gasteiger partial charge in [0.2, 0.25) is 0 Å². The molecule has 5 nitrogen and oxygen atoms in total. The van der Waals surface area contributed by atoms with Crippen molar-refractivity contribution in [3.05, 3.63) is 57.8 Å². The molecule has 2 rings (SSSR count). The van der Waals surface area contributed by atoms with Gasteiger partial charge in [-0.2, -0.15) is 0 Å². The average molecular weight is 370 g/mol. The number of halogens is 2. The second kappa shape index (κ2) is 7.19. The number of ether oxygens (including phenoxy) is 1. The van der Waals surface area contributed by atoms with Gasteiger partial charge in [-0.1, -0.05) is 17.7 Å². The maximum absolute atomic E-state index is 11.7. The van der Waals surface area contributed by atoms with E-state index in [-0.39, 0.29) is 5.69 Å². The third-order valence-corrected chi connectivity index (χ3v) is 3.64. The minimum absolute atomic E-state index is 0.150. The van der Waals surface area contributed by atoms with Crippen molar-refractivity contribution in [3.63, 3.8) is 0 Å². The van der Waals surface area contributed by atoms with Crippen LogP contribution < -0.4 is 5.32 Å². The lowest BCUT2D eigenvalue weighted by atomic mass is 10.3. The summed E-state index contributed by atoms with van der Waals surface area (Å²) in [4.78, 5) is 27.1. The van der Waals surface area contributed by atoms with E-state index in [1.165, 1.54) is 12.3 Å². The van der Waals surface area contributed by atoms with Gasteiger partial charge < -0.3 is 10.1 Å². The molecule has 0 unspecified atom stereocenters. The first-order valence-electron chi connectivity index (χ1n) is 5.89. The molecule has 0 aliphatic carbocycles. The molecule has 108 valence electrons. The number of amides is 1. The van der Waals surface area contributed by atoms with Gasteiger partial charge in [0.1, 0.15) is 5.69 Å². The van der Waals surface area contributed by atoms with Gasteiger partial charge in [0.05, 0.1) is 5.02 Å². The summed E-state index contributed by atoms with van der Waals surface area (Å²) in [5.41, 5.74) is 0.666. The second-order valence-corrected chi connectivity index (χ2v) is 5.23. The van der Waals surface area contributed by atoms with Crippen LogP contribution in [-0.2, 0) is 9.53 Å². The van der Waals surface area contributed by atoms with Gasteiger partial charge in [-0.05, 0) is 46.3 Å². The number of esters is 1. The number of pyridine rings is 1. The first kappa shape index (κ1) is 15.5. The fourth-order valence-electron chi connectivity index (χ4n) is 1.46. The molecule has 21 heavy (non-hydrogen) atoms. The molecule has 0 saturated carbocycles. The van der Waals surface area contributed by atoms with Crippen molar-refractivity contribution in [2.45, 2.75) is 0 Å². The quantitative estimate of drug-likeness (QED) is 0.840. The predicted molar refractivity (Wildman–Crippen MR) is 82.3 cm³/mol. The van der Waals surface area contributed by atoms with E-state index < -0.39 is 18.5 Å². The Morgan fingerprint density at radius 1 is 1.29 bits per heavy atom. The van der Waals surface area contributed by atoms with Crippen molar-refractivity contribution in [1.29, 1.82) is 0 Å². The van der Waals surface area contributed by atoms with Crippen LogP contribution in [0.1, 0.15) is 10.5 Å². The number of hydrogen-bond donors (Lipinski definition) is 1. The fraction of sp³-hybridized carbons (Fsp3) is 0.0714. The number of rotatable bonds is 4. The normalized spacial score (nSPS) is 10.0. The third kappa shape index (κ3) is 4.54. The molecule has 0 radical (unpaired) electrons. The highest BCUT2D eigenvalue weighted by atomic mass is 79.9. The summed E-state index contributed by atoms with van der Waals surface area (Å²) >= 11 is 9.16. The Balaban J connectivity index is 1.87. The molecule has 0 fully saturated rings. The Labute approximate surface area is 134 Å². The highest BCUT2D eigenvalue weighted by molar-refractivity contribution is 9.10. The number of carbonyl (C=O) groups is 2. The Kier molecular flexibility index (Phi) is 5.30. The number of hydrogen-bond acceptors (Lipinski definition) is 4. The lowest BCUT2D eigenvalue weighted by Crippen LogP contribution is -2.21. The standard InChI is InChI=1S/C14H10BrClN2O3/c15-10-5-4-9(7-11(10)16)18-13(19)8-21-14(20)12-3-1-2-6-17-12/h1-7H,8H2,(H,18,19). The number of benzene rings is 1. The van der Waals surface area contributed by atoms with Crippen molar-refractivity contribution in [2.75, 3.05) is 11.9 Å². The van der Waals surface area contributed by atoms with Crippen LogP contribution in [0.2, 0.25) is 5.02 Å². The van der Waals surface area contributed by atoms with Gasteiger partial charge in [0.25, 0.3) is 5.91 Å². The zero-order valence-corrected chi connectivity index (χ0v) is 13.0. The first-order chi connectivity index (χ1) is 10.1. The molecule has 0 aliphatic heterocycles. The van der Waals surface area contributed by atoms with Gasteiger partial charge in [-0.25, -0.2) is 9.78 Å². The van der Waals surface area contributed by atoms with Crippen LogP contribution in [0.4, 0.5) is 5.69 Å². The monoisotopic (exact) mass is 368 g/mol. The van der Waals surface area contributed by atoms with E-state index >= 15 is 0 Å². The van der Waals surface area contributed by atoms with E-state index in [4.69, 9.17) is 16.3 Å². The van der Waals surface area contributed by atoms with Crippen LogP contribution in [0.25, 0.3) is 0 Å². The van der Waals surface area contributed by atoms with Crippen LogP contribution in [0.5, 0.6) is 0 Å². The average Bonchev–Trinajstić information content (AvgIpc) is 2.49. The van der Waals surface area contributed by atoms with Gasteiger partial charge >= 0.3 is 5.97 Å². The molecule has 2 aromatic rings. The highest BCUT2D eigenvalue weighted by Crippen LogP contribution is 2.25. The first-order valence-corrected chi connectivity index (χ1v) is 7.06. The van der Waals surface area contributed by atoms with Crippen molar-refractivity contribution in [3.8, 4) is 0 Å². The Bertz CT molecular complexity index is 665. The smallest absolute Gasteiger partial charge is 0.357 e. The van der Waals surface area contributed by atoms with Crippen molar-refractivity contribution in [2.24, 2.45) is 0 Å². The summed E-state index contributed by atoms with van der Waals surface area (Å²) in [5.74, 6) is -1.11. The van der Waals surface area contributed by atoms with E-state index in [0.29, 0.717) is 10.7 Å². The molecule has 0 spiro atoms. The van der Waals surface area contributed by atoms with Crippen molar-refractivity contribution >= 4 is 45.1 Å². The summed E-state index contributed by atoms with van der Waals surface area (Å²) in [7, 11) is 0. The van der Waals surface area contributed by atoms with E-state index in [1.54, 1.807) is 30.3 Å². The molecule has 1 heterocycles. The Hall–Kier alpha value is -1.92. The van der Waals surface area contributed by atoms with Crippen LogP contribution in [0.15, 0.2) is 47.1 Å². The number of nitrogens with zero attached hydrogens (tertiary/aromatic N) is 1. The van der Waals surface area contributed by atoms with Crippen molar-refractivity contribution < 1.29 is 14.3 Å². The van der Waals surface area contributed by atoms with Crippen LogP contribution >= 0.6 is 27.5 Å². The lowest BCUT2D eigenvalue weighted by Gasteiger charge is -2.07. The molecule has 0 bridgehead atoms. The Morgan fingerprint density at radius 3 is 2.76 bits per heavy atom. The number of aromatic nitrogens is 1. The minimum Gasteiger partial charge on any atom is -0.451 e. The number of anilines is 1. The van der Waals surface area contributed by atoms with Crippen molar-refractivity contribution in [1.82, 2.24) is 4.98 Å². The maximum Gasteiger partial charge on any atom is 0.357 e.